The molecule has 0 fully saturated rings. The van der Waals surface area contributed by atoms with Crippen molar-refractivity contribution in [3.63, 3.8) is 0 Å². The molecule has 9 heteroatoms. The fraction of sp³-hybridized carbons (Fsp3) is 0.500. The summed E-state index contributed by atoms with van der Waals surface area (Å²) in [7, 11) is 1.86. The molecule has 1 radical (unpaired) electrons. The van der Waals surface area contributed by atoms with E-state index in [1.54, 1.807) is 12.1 Å². The molecule has 0 aliphatic carbocycles. The first-order valence-electron chi connectivity index (χ1n) is 11.1. The second kappa shape index (κ2) is 12.6. The van der Waals surface area contributed by atoms with E-state index in [1.807, 2.05) is 25.8 Å². The maximum absolute atomic E-state index is 10.1. The van der Waals surface area contributed by atoms with Crippen molar-refractivity contribution < 1.29 is 30.6 Å². The Morgan fingerprint density at radius 2 is 1.48 bits per heavy atom. The number of rotatable bonds is 13. The van der Waals surface area contributed by atoms with Crippen LogP contribution in [0.3, 0.4) is 0 Å². The van der Waals surface area contributed by atoms with Gasteiger partial charge in [0.25, 0.3) is 0 Å². The van der Waals surface area contributed by atoms with Crippen molar-refractivity contribution in [3.05, 3.63) is 47.5 Å². The lowest BCUT2D eigenvalue weighted by molar-refractivity contribution is 0.159. The van der Waals surface area contributed by atoms with Crippen LogP contribution in [0.25, 0.3) is 0 Å². The van der Waals surface area contributed by atoms with Crippen LogP contribution in [0.2, 0.25) is 0 Å². The summed E-state index contributed by atoms with van der Waals surface area (Å²) in [5, 5.41) is 65.3. The first-order chi connectivity index (χ1) is 15.7. The molecule has 2 aromatic rings. The largest absolute Gasteiger partial charge is 0.504 e. The molecule has 3 atom stereocenters. The molecule has 9 nitrogen and oxygen atoms in total. The van der Waals surface area contributed by atoms with E-state index >= 15 is 0 Å². The minimum absolute atomic E-state index is 0.0198. The highest BCUT2D eigenvalue weighted by Crippen LogP contribution is 2.28. The lowest BCUT2D eigenvalue weighted by atomic mass is 10.0. The van der Waals surface area contributed by atoms with Crippen LogP contribution in [0, 0.1) is 5.92 Å². The number of likely N-dealkylation sites (N-methyl/N-ethyl adjacent to an activating group) is 1. The van der Waals surface area contributed by atoms with Gasteiger partial charge < -0.3 is 36.0 Å². The molecule has 0 heterocycles. The number of hydrogen-bond donors (Lipinski definition) is 8. The molecule has 0 amide bonds. The number of nitrogens with zero attached hydrogens (tertiary/aromatic N) is 1. The minimum atomic E-state index is -0.426. The van der Waals surface area contributed by atoms with E-state index in [4.69, 9.17) is 0 Å². The smallest absolute Gasteiger partial charge is 0.210 e. The molecular weight excluding hydrogens is 426 g/mol. The van der Waals surface area contributed by atoms with E-state index < -0.39 is 6.17 Å². The fourth-order valence-electron chi connectivity index (χ4n) is 3.55. The number of hydrogen-bond acceptors (Lipinski definition) is 9. The third-order valence-electron chi connectivity index (χ3n) is 5.88. The molecule has 0 aliphatic rings. The van der Waals surface area contributed by atoms with Gasteiger partial charge in [-0.1, -0.05) is 26.0 Å². The molecule has 0 saturated carbocycles. The van der Waals surface area contributed by atoms with Crippen molar-refractivity contribution in [2.24, 2.45) is 5.92 Å². The summed E-state index contributed by atoms with van der Waals surface area (Å²) in [4.78, 5) is 1.93. The molecule has 8 N–H and O–H groups in total. The highest BCUT2D eigenvalue weighted by Gasteiger charge is 2.27. The Morgan fingerprint density at radius 1 is 0.848 bits per heavy atom. The standard InChI is InChI=1S/C24H37N3O6/c1-15(2)19(13-28)25-12-18(17-5-7-21(31)23(33)11-17)26-24(14-29)27(3)9-8-16-4-6-20(30)22(32)10-16/h4-7,10-11,15,18-19,24-26,28-33H,8-9,12-14H2,1-3H3/q+1/t18?,19-,24?/m0/s1. The van der Waals surface area contributed by atoms with Gasteiger partial charge in [-0.15, -0.1) is 0 Å². The van der Waals surface area contributed by atoms with E-state index in [0.717, 1.165) is 5.56 Å². The average Bonchev–Trinajstić information content (AvgIpc) is 2.78. The number of aliphatic hydroxyl groups is 2. The summed E-state index contributed by atoms with van der Waals surface area (Å²) in [6, 6.07) is 8.83. The summed E-state index contributed by atoms with van der Waals surface area (Å²) in [6.07, 6.45) is 0.163. The molecule has 0 spiro atoms. The van der Waals surface area contributed by atoms with Crippen molar-refractivity contribution in [1.29, 1.82) is 0 Å². The number of aromatic hydroxyl groups is 4. The van der Waals surface area contributed by atoms with Gasteiger partial charge in [0.05, 0.1) is 12.6 Å². The van der Waals surface area contributed by atoms with Gasteiger partial charge in [0.1, 0.15) is 20.2 Å². The molecule has 2 rings (SSSR count). The minimum Gasteiger partial charge on any atom is -0.504 e. The Balaban J connectivity index is 2.12. The third-order valence-corrected chi connectivity index (χ3v) is 5.88. The van der Waals surface area contributed by atoms with Crippen molar-refractivity contribution in [2.75, 3.05) is 33.4 Å². The average molecular weight is 464 g/mol. The first kappa shape index (κ1) is 26.7. The molecule has 0 aromatic heterocycles. The molecular formula is C24H37N3O6+. The molecule has 0 saturated heterocycles. The van der Waals surface area contributed by atoms with E-state index in [2.05, 4.69) is 10.6 Å². The van der Waals surface area contributed by atoms with E-state index in [1.165, 1.54) is 24.3 Å². The van der Waals surface area contributed by atoms with Crippen LogP contribution >= 0.6 is 0 Å². The van der Waals surface area contributed by atoms with Crippen LogP contribution in [-0.2, 0) is 6.42 Å². The predicted octanol–water partition coefficient (Wildman–Crippen LogP) is 1.08. The Hall–Kier alpha value is -2.56. The summed E-state index contributed by atoms with van der Waals surface area (Å²) in [6.45, 7) is 4.81. The fourth-order valence-corrected chi connectivity index (χ4v) is 3.55. The predicted molar refractivity (Wildman–Crippen MR) is 127 cm³/mol. The Bertz CT molecular complexity index is 879. The van der Waals surface area contributed by atoms with Gasteiger partial charge in [-0.05, 0) is 41.3 Å². The van der Waals surface area contributed by atoms with Gasteiger partial charge >= 0.3 is 0 Å². The second-order valence-electron chi connectivity index (χ2n) is 8.66. The quantitative estimate of drug-likeness (QED) is 0.125. The number of nitrogens with one attached hydrogen (secondary N) is 2. The zero-order valence-corrected chi connectivity index (χ0v) is 19.4. The number of phenolic OH excluding ortho intramolecular Hbond substituents is 4. The van der Waals surface area contributed by atoms with Crippen LogP contribution in [-0.4, -0.2) is 76.2 Å². The van der Waals surface area contributed by atoms with Gasteiger partial charge in [-0.2, -0.15) is 4.90 Å². The molecule has 2 aromatic carbocycles. The lowest BCUT2D eigenvalue weighted by Gasteiger charge is -2.28. The highest BCUT2D eigenvalue weighted by molar-refractivity contribution is 5.42. The number of phenols is 4. The highest BCUT2D eigenvalue weighted by atomic mass is 16.3. The summed E-state index contributed by atoms with van der Waals surface area (Å²) >= 11 is 0. The van der Waals surface area contributed by atoms with Crippen molar-refractivity contribution in [3.8, 4) is 23.0 Å². The maximum Gasteiger partial charge on any atom is 0.210 e. The molecule has 0 aliphatic heterocycles. The van der Waals surface area contributed by atoms with Crippen LogP contribution in [0.5, 0.6) is 23.0 Å². The van der Waals surface area contributed by atoms with Gasteiger partial charge in [0.2, 0.25) is 6.17 Å². The van der Waals surface area contributed by atoms with Gasteiger partial charge in [0, 0.05) is 19.0 Å². The summed E-state index contributed by atoms with van der Waals surface area (Å²) < 4.78 is 0. The van der Waals surface area contributed by atoms with Crippen molar-refractivity contribution >= 4 is 0 Å². The first-order valence-corrected chi connectivity index (χ1v) is 11.1. The SMILES string of the molecule is CC(C)[C@H](CO)NCC(NC(CO)[N+](C)CCc1ccc(O)c(O)c1)c1ccc(O)c(O)c1. The van der Waals surface area contributed by atoms with Gasteiger partial charge in [-0.25, -0.2) is 0 Å². The van der Waals surface area contributed by atoms with E-state index in [-0.39, 0.29) is 54.2 Å². The molecule has 0 bridgehead atoms. The second-order valence-corrected chi connectivity index (χ2v) is 8.66. The zero-order chi connectivity index (χ0) is 24.5. The third kappa shape index (κ3) is 7.76. The summed E-state index contributed by atoms with van der Waals surface area (Å²) in [5.41, 5.74) is 1.56. The molecule has 2 unspecified atom stereocenters. The van der Waals surface area contributed by atoms with Gasteiger partial charge in [-0.3, -0.25) is 5.32 Å². The van der Waals surface area contributed by atoms with Crippen LogP contribution in [0.15, 0.2) is 36.4 Å². The normalized spacial score (nSPS) is 14.5. The van der Waals surface area contributed by atoms with E-state index in [9.17, 15) is 30.6 Å². The zero-order valence-electron chi connectivity index (χ0n) is 19.4. The van der Waals surface area contributed by atoms with Gasteiger partial charge in [0.15, 0.2) is 23.0 Å². The topological polar surface area (TPSA) is 151 Å². The van der Waals surface area contributed by atoms with Crippen LogP contribution < -0.4 is 15.5 Å². The Morgan fingerprint density at radius 3 is 2.03 bits per heavy atom. The number of benzene rings is 2. The van der Waals surface area contributed by atoms with Crippen LogP contribution in [0.4, 0.5) is 0 Å². The maximum atomic E-state index is 10.1. The Labute approximate surface area is 194 Å². The lowest BCUT2D eigenvalue weighted by Crippen LogP contribution is -2.54. The van der Waals surface area contributed by atoms with Crippen molar-refractivity contribution in [1.82, 2.24) is 15.5 Å². The van der Waals surface area contributed by atoms with Crippen LogP contribution in [0.1, 0.15) is 31.0 Å². The Kier molecular flexibility index (Phi) is 10.2. The van der Waals surface area contributed by atoms with E-state index in [0.29, 0.717) is 25.1 Å². The van der Waals surface area contributed by atoms with Crippen molar-refractivity contribution in [2.45, 2.75) is 38.5 Å². The number of aliphatic hydroxyl groups excluding tert-OH is 2. The monoisotopic (exact) mass is 463 g/mol. The molecule has 33 heavy (non-hydrogen) atoms. The molecule has 183 valence electrons. The summed E-state index contributed by atoms with van der Waals surface area (Å²) in [5.74, 6) is -0.579.